The van der Waals surface area contributed by atoms with Crippen LogP contribution in [-0.4, -0.2) is 34.6 Å². The van der Waals surface area contributed by atoms with Gasteiger partial charge in [0.15, 0.2) is 0 Å². The van der Waals surface area contributed by atoms with Crippen molar-refractivity contribution in [3.63, 3.8) is 0 Å². The summed E-state index contributed by atoms with van der Waals surface area (Å²) in [5.74, 6) is 2.22. The second-order valence-corrected chi connectivity index (χ2v) is 7.81. The van der Waals surface area contributed by atoms with Gasteiger partial charge in [-0.2, -0.15) is 4.98 Å². The molecule has 0 saturated carbocycles. The summed E-state index contributed by atoms with van der Waals surface area (Å²) in [5, 5.41) is 6.00. The molecule has 1 aliphatic rings. The number of rotatable bonds is 7. The Morgan fingerprint density at radius 2 is 2.29 bits per heavy atom. The van der Waals surface area contributed by atoms with E-state index in [4.69, 9.17) is 9.26 Å². The number of carbonyl (C=O) groups excluding carboxylic acids is 1. The van der Waals surface area contributed by atoms with Crippen LogP contribution in [-0.2, 0) is 11.2 Å². The molecule has 3 heterocycles. The third-order valence-corrected chi connectivity index (χ3v) is 5.91. The number of benzene rings is 1. The summed E-state index contributed by atoms with van der Waals surface area (Å²) in [4.78, 5) is 20.2. The molecule has 1 aromatic carbocycles. The van der Waals surface area contributed by atoms with Gasteiger partial charge in [0.05, 0.1) is 18.0 Å². The number of amides is 1. The van der Waals surface area contributed by atoms with Crippen molar-refractivity contribution in [3.8, 4) is 16.5 Å². The van der Waals surface area contributed by atoms with E-state index in [9.17, 15) is 4.79 Å². The molecule has 0 spiro atoms. The smallest absolute Gasteiger partial charge is 0.226 e. The van der Waals surface area contributed by atoms with Crippen LogP contribution in [0.2, 0.25) is 0 Å². The number of thiophene rings is 1. The normalized spacial score (nSPS) is 16.5. The lowest BCUT2D eigenvalue weighted by molar-refractivity contribution is -0.132. The molecule has 1 amide bonds. The van der Waals surface area contributed by atoms with Gasteiger partial charge in [-0.05, 0) is 48.4 Å². The number of carbonyl (C=O) groups is 1. The van der Waals surface area contributed by atoms with Crippen molar-refractivity contribution in [3.05, 3.63) is 53.2 Å². The van der Waals surface area contributed by atoms with Gasteiger partial charge < -0.3 is 14.2 Å². The Labute approximate surface area is 168 Å². The van der Waals surface area contributed by atoms with Gasteiger partial charge in [0.1, 0.15) is 5.75 Å². The summed E-state index contributed by atoms with van der Waals surface area (Å²) in [5.41, 5.74) is 1.14. The van der Waals surface area contributed by atoms with Crippen molar-refractivity contribution in [2.75, 3.05) is 13.7 Å². The van der Waals surface area contributed by atoms with Crippen LogP contribution in [0.3, 0.4) is 0 Å². The molecule has 1 atom stereocenters. The van der Waals surface area contributed by atoms with Crippen LogP contribution in [0, 0.1) is 0 Å². The molecule has 1 unspecified atom stereocenters. The SMILES string of the molecule is COc1cccc(C2CCCN2C(=O)CCCc2nc(-c3cccs3)no2)c1. The van der Waals surface area contributed by atoms with E-state index in [1.807, 2.05) is 40.6 Å². The second-order valence-electron chi connectivity index (χ2n) is 6.86. The topological polar surface area (TPSA) is 68.5 Å². The van der Waals surface area contributed by atoms with Crippen molar-refractivity contribution in [1.82, 2.24) is 15.0 Å². The Balaban J connectivity index is 1.33. The van der Waals surface area contributed by atoms with Gasteiger partial charge in [0.2, 0.25) is 17.6 Å². The molecule has 146 valence electrons. The molecule has 4 rings (SSSR count). The molecule has 0 bridgehead atoms. The lowest BCUT2D eigenvalue weighted by Crippen LogP contribution is -2.30. The number of hydrogen-bond donors (Lipinski definition) is 0. The highest BCUT2D eigenvalue weighted by molar-refractivity contribution is 7.13. The zero-order valence-corrected chi connectivity index (χ0v) is 16.7. The third-order valence-electron chi connectivity index (χ3n) is 5.04. The zero-order chi connectivity index (χ0) is 19.3. The molecular weight excluding hydrogens is 374 g/mol. The zero-order valence-electron chi connectivity index (χ0n) is 15.8. The van der Waals surface area contributed by atoms with Crippen LogP contribution in [0.1, 0.15) is 43.2 Å². The summed E-state index contributed by atoms with van der Waals surface area (Å²) in [6.45, 7) is 0.809. The number of aryl methyl sites for hydroxylation is 1. The molecule has 0 radical (unpaired) electrons. The van der Waals surface area contributed by atoms with Gasteiger partial charge in [-0.25, -0.2) is 0 Å². The average molecular weight is 398 g/mol. The number of hydrogen-bond acceptors (Lipinski definition) is 6. The van der Waals surface area contributed by atoms with Crippen molar-refractivity contribution in [2.24, 2.45) is 0 Å². The minimum absolute atomic E-state index is 0.136. The van der Waals surface area contributed by atoms with Crippen molar-refractivity contribution in [2.45, 2.75) is 38.1 Å². The van der Waals surface area contributed by atoms with E-state index in [-0.39, 0.29) is 11.9 Å². The molecule has 0 aliphatic carbocycles. The third kappa shape index (κ3) is 4.09. The molecule has 7 heteroatoms. The fourth-order valence-corrected chi connectivity index (χ4v) is 4.31. The highest BCUT2D eigenvalue weighted by atomic mass is 32.1. The van der Waals surface area contributed by atoms with Crippen molar-refractivity contribution >= 4 is 17.2 Å². The lowest BCUT2D eigenvalue weighted by Gasteiger charge is -2.25. The van der Waals surface area contributed by atoms with Crippen LogP contribution in [0.15, 0.2) is 46.3 Å². The van der Waals surface area contributed by atoms with E-state index < -0.39 is 0 Å². The standard InChI is InChI=1S/C21H23N3O3S/c1-26-16-7-2-6-15(14-16)17-8-4-12-24(17)20(25)11-3-10-19-22-21(23-27-19)18-9-5-13-28-18/h2,5-7,9,13-14,17H,3-4,8,10-12H2,1H3. The number of aromatic nitrogens is 2. The van der Waals surface area contributed by atoms with E-state index >= 15 is 0 Å². The Kier molecular flexibility index (Phi) is 5.71. The molecule has 0 N–H and O–H groups in total. The summed E-state index contributed by atoms with van der Waals surface area (Å²) < 4.78 is 10.6. The van der Waals surface area contributed by atoms with E-state index in [2.05, 4.69) is 16.2 Å². The summed E-state index contributed by atoms with van der Waals surface area (Å²) in [6.07, 6.45) is 3.82. The van der Waals surface area contributed by atoms with Gasteiger partial charge in [-0.3, -0.25) is 4.79 Å². The molecule has 1 fully saturated rings. The fraction of sp³-hybridized carbons (Fsp3) is 0.381. The molecule has 2 aromatic heterocycles. The Bertz CT molecular complexity index is 923. The first-order chi connectivity index (χ1) is 13.7. The maximum Gasteiger partial charge on any atom is 0.226 e. The van der Waals surface area contributed by atoms with E-state index in [0.29, 0.717) is 31.0 Å². The van der Waals surface area contributed by atoms with Crippen LogP contribution in [0.5, 0.6) is 5.75 Å². The molecule has 3 aromatic rings. The minimum Gasteiger partial charge on any atom is -0.497 e. The number of likely N-dealkylation sites (tertiary alicyclic amines) is 1. The summed E-state index contributed by atoms with van der Waals surface area (Å²) >= 11 is 1.58. The first kappa shape index (κ1) is 18.7. The van der Waals surface area contributed by atoms with Crippen molar-refractivity contribution < 1.29 is 14.1 Å². The second kappa shape index (κ2) is 8.56. The Hall–Kier alpha value is -2.67. The predicted molar refractivity (Wildman–Crippen MR) is 107 cm³/mol. The predicted octanol–water partition coefficient (Wildman–Crippen LogP) is 4.49. The summed E-state index contributed by atoms with van der Waals surface area (Å²) in [7, 11) is 1.66. The summed E-state index contributed by atoms with van der Waals surface area (Å²) in [6, 6.07) is 12.1. The molecular formula is C21H23N3O3S. The van der Waals surface area contributed by atoms with Crippen LogP contribution in [0.25, 0.3) is 10.7 Å². The largest absolute Gasteiger partial charge is 0.497 e. The van der Waals surface area contributed by atoms with Crippen LogP contribution >= 0.6 is 11.3 Å². The maximum absolute atomic E-state index is 12.8. The quantitative estimate of drug-likeness (QED) is 0.587. The Morgan fingerprint density at radius 1 is 1.36 bits per heavy atom. The Morgan fingerprint density at radius 3 is 3.11 bits per heavy atom. The highest BCUT2D eigenvalue weighted by Gasteiger charge is 2.29. The maximum atomic E-state index is 12.8. The first-order valence-electron chi connectivity index (χ1n) is 9.54. The van der Waals surface area contributed by atoms with Crippen LogP contribution in [0.4, 0.5) is 0 Å². The number of ether oxygens (including phenoxy) is 1. The van der Waals surface area contributed by atoms with Gasteiger partial charge in [-0.15, -0.1) is 11.3 Å². The number of nitrogens with zero attached hydrogens (tertiary/aromatic N) is 3. The minimum atomic E-state index is 0.136. The van der Waals surface area contributed by atoms with Gasteiger partial charge in [-0.1, -0.05) is 23.4 Å². The van der Waals surface area contributed by atoms with Gasteiger partial charge >= 0.3 is 0 Å². The number of methoxy groups -OCH3 is 1. The van der Waals surface area contributed by atoms with Crippen molar-refractivity contribution in [1.29, 1.82) is 0 Å². The van der Waals surface area contributed by atoms with E-state index in [1.165, 1.54) is 0 Å². The fourth-order valence-electron chi connectivity index (χ4n) is 3.66. The molecule has 28 heavy (non-hydrogen) atoms. The lowest BCUT2D eigenvalue weighted by atomic mass is 10.0. The molecule has 1 saturated heterocycles. The van der Waals surface area contributed by atoms with Gasteiger partial charge in [0, 0.05) is 19.4 Å². The molecule has 1 aliphatic heterocycles. The van der Waals surface area contributed by atoms with E-state index in [1.54, 1.807) is 18.4 Å². The monoisotopic (exact) mass is 397 g/mol. The first-order valence-corrected chi connectivity index (χ1v) is 10.4. The van der Waals surface area contributed by atoms with Crippen LogP contribution < -0.4 is 4.74 Å². The van der Waals surface area contributed by atoms with Gasteiger partial charge in [0.25, 0.3) is 0 Å². The van der Waals surface area contributed by atoms with E-state index in [0.717, 1.165) is 35.6 Å². The highest BCUT2D eigenvalue weighted by Crippen LogP contribution is 2.34. The molecule has 6 nitrogen and oxygen atoms in total. The average Bonchev–Trinajstić information content (AvgIpc) is 3.48.